The number of nitriles is 1. The number of thioether (sulfide) groups is 1. The van der Waals surface area contributed by atoms with Gasteiger partial charge in [0.15, 0.2) is 11.0 Å². The summed E-state index contributed by atoms with van der Waals surface area (Å²) in [6, 6.07) is 7.84. The summed E-state index contributed by atoms with van der Waals surface area (Å²) >= 11 is 2.85. The van der Waals surface area contributed by atoms with Gasteiger partial charge in [-0.15, -0.1) is 21.5 Å². The third kappa shape index (κ3) is 4.84. The maximum atomic E-state index is 12.7. The van der Waals surface area contributed by atoms with Gasteiger partial charge in [-0.25, -0.2) is 0 Å². The molecule has 1 aromatic carbocycles. The first kappa shape index (κ1) is 23.1. The van der Waals surface area contributed by atoms with Crippen LogP contribution in [0, 0.1) is 11.3 Å². The van der Waals surface area contributed by atoms with Crippen LogP contribution in [0.15, 0.2) is 23.4 Å². The van der Waals surface area contributed by atoms with Crippen molar-refractivity contribution in [3.8, 4) is 29.0 Å². The van der Waals surface area contributed by atoms with E-state index in [4.69, 9.17) is 9.47 Å². The number of aromatic nitrogens is 3. The molecular weight excluding hydrogens is 458 g/mol. The maximum absolute atomic E-state index is 12.7. The normalized spacial score (nSPS) is 12.7. The molecule has 10 heteroatoms. The summed E-state index contributed by atoms with van der Waals surface area (Å²) in [6.45, 7) is 2.64. The summed E-state index contributed by atoms with van der Waals surface area (Å²) < 4.78 is 12.7. The first-order chi connectivity index (χ1) is 16.1. The molecule has 1 amide bonds. The van der Waals surface area contributed by atoms with Crippen molar-refractivity contribution in [2.75, 3.05) is 25.3 Å². The number of anilines is 1. The fourth-order valence-electron chi connectivity index (χ4n) is 3.90. The zero-order valence-corrected chi connectivity index (χ0v) is 20.4. The highest BCUT2D eigenvalue weighted by atomic mass is 32.2. The molecule has 0 fully saturated rings. The number of methoxy groups -OCH3 is 2. The van der Waals surface area contributed by atoms with Crippen molar-refractivity contribution >= 4 is 34.0 Å². The number of fused-ring (bicyclic) bond motifs is 1. The average molecular weight is 484 g/mol. The number of amides is 1. The van der Waals surface area contributed by atoms with Crippen LogP contribution in [0.3, 0.4) is 0 Å². The van der Waals surface area contributed by atoms with Crippen LogP contribution in [-0.4, -0.2) is 40.6 Å². The smallest absolute Gasteiger partial charge is 0.235 e. The lowest BCUT2D eigenvalue weighted by molar-refractivity contribution is -0.113. The molecule has 33 heavy (non-hydrogen) atoms. The van der Waals surface area contributed by atoms with Crippen LogP contribution in [0.5, 0.6) is 11.5 Å². The van der Waals surface area contributed by atoms with Gasteiger partial charge in [-0.2, -0.15) is 5.26 Å². The van der Waals surface area contributed by atoms with E-state index in [1.165, 1.54) is 28.0 Å². The molecule has 0 bridgehead atoms. The minimum Gasteiger partial charge on any atom is -0.497 e. The predicted octanol–water partition coefficient (Wildman–Crippen LogP) is 4.52. The molecule has 4 rings (SSSR count). The molecule has 1 aliphatic carbocycles. The van der Waals surface area contributed by atoms with Crippen LogP contribution < -0.4 is 14.8 Å². The van der Waals surface area contributed by atoms with E-state index >= 15 is 0 Å². The van der Waals surface area contributed by atoms with E-state index in [9.17, 15) is 10.1 Å². The molecule has 2 heterocycles. The summed E-state index contributed by atoms with van der Waals surface area (Å²) in [4.78, 5) is 13.9. The predicted molar refractivity (Wildman–Crippen MR) is 129 cm³/mol. The lowest BCUT2D eigenvalue weighted by Gasteiger charge is -2.10. The highest BCUT2D eigenvalue weighted by Gasteiger charge is 2.22. The van der Waals surface area contributed by atoms with Crippen LogP contribution >= 0.6 is 23.1 Å². The molecule has 2 aromatic heterocycles. The van der Waals surface area contributed by atoms with E-state index in [1.807, 2.05) is 23.6 Å². The molecule has 1 N–H and O–H groups in total. The van der Waals surface area contributed by atoms with E-state index in [-0.39, 0.29) is 11.7 Å². The molecule has 0 unspecified atom stereocenters. The first-order valence-corrected chi connectivity index (χ1v) is 12.5. The Labute approximate surface area is 200 Å². The molecule has 0 aliphatic heterocycles. The molecule has 172 valence electrons. The number of nitrogens with zero attached hydrogens (tertiary/aromatic N) is 4. The standard InChI is InChI=1S/C23H25N5O3S2/c1-4-28-21(14-9-15(30-2)11-16(10-14)31-3)26-27-23(28)32-13-20(29)25-22-18(12-24)17-7-5-6-8-19(17)33-22/h9-11H,4-8,13H2,1-3H3,(H,25,29). The van der Waals surface area contributed by atoms with Gasteiger partial charge in [-0.05, 0) is 50.3 Å². The van der Waals surface area contributed by atoms with E-state index in [0.717, 1.165) is 36.8 Å². The van der Waals surface area contributed by atoms with E-state index in [0.29, 0.717) is 39.6 Å². The second-order valence-electron chi connectivity index (χ2n) is 7.52. The minimum absolute atomic E-state index is 0.162. The molecule has 0 saturated heterocycles. The van der Waals surface area contributed by atoms with Gasteiger partial charge in [-0.3, -0.25) is 4.79 Å². The number of rotatable bonds is 8. The number of benzene rings is 1. The molecule has 0 saturated carbocycles. The lowest BCUT2D eigenvalue weighted by atomic mass is 9.96. The zero-order valence-electron chi connectivity index (χ0n) is 18.8. The van der Waals surface area contributed by atoms with Crippen molar-refractivity contribution in [1.82, 2.24) is 14.8 Å². The third-order valence-electron chi connectivity index (χ3n) is 5.51. The summed E-state index contributed by atoms with van der Waals surface area (Å²) in [5.41, 5.74) is 2.56. The number of thiophene rings is 1. The van der Waals surface area contributed by atoms with E-state index in [1.54, 1.807) is 20.3 Å². The molecule has 0 atom stereocenters. The largest absolute Gasteiger partial charge is 0.497 e. The van der Waals surface area contributed by atoms with Crippen LogP contribution in [0.2, 0.25) is 0 Å². The van der Waals surface area contributed by atoms with Gasteiger partial charge >= 0.3 is 0 Å². The highest BCUT2D eigenvalue weighted by Crippen LogP contribution is 2.38. The lowest BCUT2D eigenvalue weighted by Crippen LogP contribution is -2.14. The molecule has 8 nitrogen and oxygen atoms in total. The first-order valence-electron chi connectivity index (χ1n) is 10.7. The Morgan fingerprint density at radius 1 is 1.21 bits per heavy atom. The summed E-state index contributed by atoms with van der Waals surface area (Å²) in [5.74, 6) is 2.01. The Kier molecular flexibility index (Phi) is 7.20. The highest BCUT2D eigenvalue weighted by molar-refractivity contribution is 7.99. The number of aryl methyl sites for hydroxylation is 1. The number of carbonyl (C=O) groups is 1. The number of carbonyl (C=O) groups excluding carboxylic acids is 1. The molecule has 0 radical (unpaired) electrons. The molecule has 0 spiro atoms. The van der Waals surface area contributed by atoms with Crippen LogP contribution in [0.1, 0.15) is 35.8 Å². The minimum atomic E-state index is -0.162. The van der Waals surface area contributed by atoms with Crippen molar-refractivity contribution in [3.05, 3.63) is 34.2 Å². The zero-order chi connectivity index (χ0) is 23.4. The SMILES string of the molecule is CCn1c(SCC(=O)Nc2sc3c(c2C#N)CCCC3)nnc1-c1cc(OC)cc(OC)c1. The van der Waals surface area contributed by atoms with E-state index < -0.39 is 0 Å². The van der Waals surface area contributed by atoms with Gasteiger partial charge < -0.3 is 19.4 Å². The Morgan fingerprint density at radius 2 is 1.94 bits per heavy atom. The fraction of sp³-hybridized carbons (Fsp3) is 0.391. The second-order valence-corrected chi connectivity index (χ2v) is 9.56. The average Bonchev–Trinajstić information content (AvgIpc) is 3.42. The van der Waals surface area contributed by atoms with Crippen molar-refractivity contribution in [1.29, 1.82) is 5.26 Å². The number of nitrogens with one attached hydrogen (secondary N) is 1. The van der Waals surface area contributed by atoms with Crippen molar-refractivity contribution in [2.24, 2.45) is 0 Å². The summed E-state index contributed by atoms with van der Waals surface area (Å²) in [7, 11) is 3.20. The number of hydrogen-bond donors (Lipinski definition) is 1. The van der Waals surface area contributed by atoms with Crippen molar-refractivity contribution in [3.63, 3.8) is 0 Å². The molecule has 3 aromatic rings. The van der Waals surface area contributed by atoms with Crippen LogP contribution in [0.4, 0.5) is 5.00 Å². The third-order valence-corrected chi connectivity index (χ3v) is 7.69. The second kappa shape index (κ2) is 10.3. The van der Waals surface area contributed by atoms with Gasteiger partial charge in [-0.1, -0.05) is 11.8 Å². The van der Waals surface area contributed by atoms with Gasteiger partial charge in [0.05, 0.1) is 25.5 Å². The molecule has 1 aliphatic rings. The topological polar surface area (TPSA) is 102 Å². The monoisotopic (exact) mass is 483 g/mol. The van der Waals surface area contributed by atoms with Gasteiger partial charge in [0.25, 0.3) is 0 Å². The Balaban J connectivity index is 1.49. The van der Waals surface area contributed by atoms with Crippen LogP contribution in [-0.2, 0) is 24.2 Å². The van der Waals surface area contributed by atoms with Crippen molar-refractivity contribution in [2.45, 2.75) is 44.3 Å². The fourth-order valence-corrected chi connectivity index (χ4v) is 5.95. The Morgan fingerprint density at radius 3 is 2.61 bits per heavy atom. The van der Waals surface area contributed by atoms with Gasteiger partial charge in [0, 0.05) is 23.1 Å². The van der Waals surface area contributed by atoms with E-state index in [2.05, 4.69) is 21.6 Å². The maximum Gasteiger partial charge on any atom is 0.235 e. The van der Waals surface area contributed by atoms with Crippen LogP contribution in [0.25, 0.3) is 11.4 Å². The number of ether oxygens (including phenoxy) is 2. The van der Waals surface area contributed by atoms with Gasteiger partial charge in [0.2, 0.25) is 5.91 Å². The number of hydrogen-bond acceptors (Lipinski definition) is 8. The summed E-state index contributed by atoms with van der Waals surface area (Å²) in [5, 5.41) is 22.5. The summed E-state index contributed by atoms with van der Waals surface area (Å²) in [6.07, 6.45) is 4.12. The van der Waals surface area contributed by atoms with Crippen molar-refractivity contribution < 1.29 is 14.3 Å². The van der Waals surface area contributed by atoms with Gasteiger partial charge in [0.1, 0.15) is 22.6 Å². The quantitative estimate of drug-likeness (QED) is 0.470. The Bertz CT molecular complexity index is 1190. The molecular formula is C23H25N5O3S2. The Hall–Kier alpha value is -3.03.